The van der Waals surface area contributed by atoms with Crippen molar-refractivity contribution in [3.8, 4) is 0 Å². The third kappa shape index (κ3) is 3.83. The maximum atomic E-state index is 12.0. The van der Waals surface area contributed by atoms with E-state index in [0.717, 1.165) is 16.7 Å². The van der Waals surface area contributed by atoms with Crippen LogP contribution in [0, 0.1) is 6.92 Å². The van der Waals surface area contributed by atoms with Gasteiger partial charge in [-0.2, -0.15) is 0 Å². The second-order valence-electron chi connectivity index (χ2n) is 5.47. The van der Waals surface area contributed by atoms with E-state index in [1.807, 2.05) is 25.1 Å². The van der Waals surface area contributed by atoms with Gasteiger partial charge >= 0.3 is 6.03 Å². The lowest BCUT2D eigenvalue weighted by Crippen LogP contribution is -2.36. The van der Waals surface area contributed by atoms with Crippen LogP contribution >= 0.6 is 11.6 Å². The van der Waals surface area contributed by atoms with Crippen LogP contribution in [0.15, 0.2) is 40.9 Å². The van der Waals surface area contributed by atoms with Crippen molar-refractivity contribution >= 4 is 28.6 Å². The first-order valence-corrected chi connectivity index (χ1v) is 7.91. The van der Waals surface area contributed by atoms with Crippen molar-refractivity contribution in [3.05, 3.63) is 58.8 Å². The molecule has 2 aromatic heterocycles. The maximum Gasteiger partial charge on any atom is 0.315 e. The van der Waals surface area contributed by atoms with E-state index in [2.05, 4.69) is 20.6 Å². The SMILES string of the molecule is Cc1nccc(CNC(=O)N[C@H](C)c2cc3cc(Cl)ccc3o2)n1. The summed E-state index contributed by atoms with van der Waals surface area (Å²) in [6.07, 6.45) is 1.67. The highest BCUT2D eigenvalue weighted by molar-refractivity contribution is 6.31. The average Bonchev–Trinajstić information content (AvgIpc) is 2.96. The summed E-state index contributed by atoms with van der Waals surface area (Å²) in [7, 11) is 0. The van der Waals surface area contributed by atoms with Gasteiger partial charge < -0.3 is 15.1 Å². The molecule has 0 saturated heterocycles. The molecule has 0 spiro atoms. The number of amides is 2. The molecule has 6 nitrogen and oxygen atoms in total. The van der Waals surface area contributed by atoms with E-state index in [9.17, 15) is 4.79 Å². The monoisotopic (exact) mass is 344 g/mol. The van der Waals surface area contributed by atoms with Gasteiger partial charge in [0.25, 0.3) is 0 Å². The number of furan rings is 1. The fraction of sp³-hybridized carbons (Fsp3) is 0.235. The zero-order chi connectivity index (χ0) is 17.1. The first kappa shape index (κ1) is 16.3. The molecule has 0 aliphatic rings. The van der Waals surface area contributed by atoms with Crippen LogP contribution in [0.5, 0.6) is 0 Å². The summed E-state index contributed by atoms with van der Waals surface area (Å²) in [6, 6.07) is 8.48. The molecule has 0 aliphatic heterocycles. The lowest BCUT2D eigenvalue weighted by molar-refractivity contribution is 0.236. The van der Waals surface area contributed by atoms with Gasteiger partial charge in [0, 0.05) is 16.6 Å². The van der Waals surface area contributed by atoms with Crippen molar-refractivity contribution in [3.63, 3.8) is 0 Å². The Balaban J connectivity index is 1.60. The molecule has 3 aromatic rings. The van der Waals surface area contributed by atoms with Gasteiger partial charge in [-0.3, -0.25) is 0 Å². The minimum Gasteiger partial charge on any atom is -0.459 e. The van der Waals surface area contributed by atoms with Crippen molar-refractivity contribution in [2.24, 2.45) is 0 Å². The summed E-state index contributed by atoms with van der Waals surface area (Å²) >= 11 is 5.97. The predicted molar refractivity (Wildman–Crippen MR) is 91.8 cm³/mol. The fourth-order valence-electron chi connectivity index (χ4n) is 2.34. The highest BCUT2D eigenvalue weighted by atomic mass is 35.5. The molecule has 2 heterocycles. The van der Waals surface area contributed by atoms with Crippen LogP contribution in [0.1, 0.15) is 30.2 Å². The lowest BCUT2D eigenvalue weighted by atomic mass is 10.2. The number of nitrogens with one attached hydrogen (secondary N) is 2. The molecule has 7 heteroatoms. The summed E-state index contributed by atoms with van der Waals surface area (Å²) in [5.41, 5.74) is 1.49. The number of nitrogens with zero attached hydrogens (tertiary/aromatic N) is 2. The van der Waals surface area contributed by atoms with E-state index in [0.29, 0.717) is 23.2 Å². The quantitative estimate of drug-likeness (QED) is 0.755. The first-order valence-electron chi connectivity index (χ1n) is 7.53. The van der Waals surface area contributed by atoms with Gasteiger partial charge in [-0.25, -0.2) is 14.8 Å². The van der Waals surface area contributed by atoms with Crippen LogP contribution in [-0.2, 0) is 6.54 Å². The molecule has 3 rings (SSSR count). The van der Waals surface area contributed by atoms with E-state index in [-0.39, 0.29) is 12.1 Å². The Morgan fingerprint density at radius 1 is 1.33 bits per heavy atom. The number of urea groups is 1. The molecule has 0 fully saturated rings. The second-order valence-corrected chi connectivity index (χ2v) is 5.91. The van der Waals surface area contributed by atoms with Gasteiger partial charge in [-0.15, -0.1) is 0 Å². The van der Waals surface area contributed by atoms with Crippen molar-refractivity contribution in [2.45, 2.75) is 26.4 Å². The van der Waals surface area contributed by atoms with E-state index in [4.69, 9.17) is 16.0 Å². The highest BCUT2D eigenvalue weighted by Gasteiger charge is 2.14. The Bertz CT molecular complexity index is 878. The number of hydrogen-bond donors (Lipinski definition) is 2. The Labute approximate surface area is 144 Å². The van der Waals surface area contributed by atoms with Crippen LogP contribution in [0.25, 0.3) is 11.0 Å². The van der Waals surface area contributed by atoms with Crippen molar-refractivity contribution in [1.29, 1.82) is 0 Å². The van der Waals surface area contributed by atoms with E-state index < -0.39 is 0 Å². The lowest BCUT2D eigenvalue weighted by Gasteiger charge is -2.12. The molecule has 0 unspecified atom stereocenters. The topological polar surface area (TPSA) is 80.0 Å². The van der Waals surface area contributed by atoms with E-state index in [1.165, 1.54) is 0 Å². The zero-order valence-electron chi connectivity index (χ0n) is 13.3. The Morgan fingerprint density at radius 3 is 2.96 bits per heavy atom. The molecule has 0 saturated carbocycles. The van der Waals surface area contributed by atoms with Crippen LogP contribution in [0.4, 0.5) is 4.79 Å². The molecule has 2 amide bonds. The predicted octanol–water partition coefficient (Wildman–Crippen LogP) is 3.75. The van der Waals surface area contributed by atoms with Gasteiger partial charge in [0.15, 0.2) is 0 Å². The third-order valence-corrected chi connectivity index (χ3v) is 3.77. The van der Waals surface area contributed by atoms with E-state index >= 15 is 0 Å². The smallest absolute Gasteiger partial charge is 0.315 e. The molecule has 1 atom stereocenters. The minimum absolute atomic E-state index is 0.275. The normalized spacial score (nSPS) is 12.1. The first-order chi connectivity index (χ1) is 11.5. The molecule has 24 heavy (non-hydrogen) atoms. The minimum atomic E-state index is -0.294. The number of carbonyl (C=O) groups excluding carboxylic acids is 1. The van der Waals surface area contributed by atoms with Gasteiger partial charge in [0.1, 0.15) is 17.2 Å². The van der Waals surface area contributed by atoms with Gasteiger partial charge in [0.2, 0.25) is 0 Å². The Kier molecular flexibility index (Phi) is 4.66. The summed E-state index contributed by atoms with van der Waals surface area (Å²) in [5.74, 6) is 1.34. The van der Waals surface area contributed by atoms with Crippen molar-refractivity contribution in [2.75, 3.05) is 0 Å². The molecule has 0 bridgehead atoms. The molecule has 1 aromatic carbocycles. The molecule has 0 radical (unpaired) electrons. The van der Waals surface area contributed by atoms with Crippen LogP contribution in [0.2, 0.25) is 5.02 Å². The fourth-order valence-corrected chi connectivity index (χ4v) is 2.52. The van der Waals surface area contributed by atoms with Crippen LogP contribution < -0.4 is 10.6 Å². The second kappa shape index (κ2) is 6.88. The summed E-state index contributed by atoms with van der Waals surface area (Å²) < 4.78 is 5.74. The summed E-state index contributed by atoms with van der Waals surface area (Å²) in [5, 5.41) is 7.16. The Hall–Kier alpha value is -2.60. The molecule has 0 aliphatic carbocycles. The molecule has 124 valence electrons. The average molecular weight is 345 g/mol. The summed E-state index contributed by atoms with van der Waals surface area (Å²) in [6.45, 7) is 3.99. The van der Waals surface area contributed by atoms with Crippen molar-refractivity contribution in [1.82, 2.24) is 20.6 Å². The third-order valence-electron chi connectivity index (χ3n) is 3.54. The number of rotatable bonds is 4. The number of carbonyl (C=O) groups is 1. The van der Waals surface area contributed by atoms with Gasteiger partial charge in [0.05, 0.1) is 18.3 Å². The molecular weight excluding hydrogens is 328 g/mol. The standard InChI is InChI=1S/C17H17ClN4O2/c1-10(16-8-12-7-13(18)3-4-15(12)24-16)21-17(23)20-9-14-5-6-19-11(2)22-14/h3-8,10H,9H2,1-2H3,(H2,20,21,23)/t10-/m1/s1. The van der Waals surface area contributed by atoms with E-state index in [1.54, 1.807) is 25.3 Å². The molecule has 2 N–H and O–H groups in total. The molecular formula is C17H17ClN4O2. The zero-order valence-corrected chi connectivity index (χ0v) is 14.1. The van der Waals surface area contributed by atoms with Crippen LogP contribution in [-0.4, -0.2) is 16.0 Å². The Morgan fingerprint density at radius 2 is 2.17 bits per heavy atom. The number of halogens is 1. The van der Waals surface area contributed by atoms with Gasteiger partial charge in [-0.1, -0.05) is 11.6 Å². The number of fused-ring (bicyclic) bond motifs is 1. The largest absolute Gasteiger partial charge is 0.459 e. The summed E-state index contributed by atoms with van der Waals surface area (Å²) in [4.78, 5) is 20.3. The van der Waals surface area contributed by atoms with Crippen LogP contribution in [0.3, 0.4) is 0 Å². The number of aromatic nitrogens is 2. The maximum absolute atomic E-state index is 12.0. The number of hydrogen-bond acceptors (Lipinski definition) is 4. The van der Waals surface area contributed by atoms with Crippen molar-refractivity contribution < 1.29 is 9.21 Å². The number of benzene rings is 1. The van der Waals surface area contributed by atoms with Gasteiger partial charge in [-0.05, 0) is 44.2 Å². The highest BCUT2D eigenvalue weighted by Crippen LogP contribution is 2.26. The number of aryl methyl sites for hydroxylation is 1.